The number of benzene rings is 2. The summed E-state index contributed by atoms with van der Waals surface area (Å²) >= 11 is 9.20. The monoisotopic (exact) mass is 326 g/mol. The molecule has 0 spiro atoms. The van der Waals surface area contributed by atoms with E-state index in [-0.39, 0.29) is 18.0 Å². The van der Waals surface area contributed by atoms with E-state index >= 15 is 0 Å². The van der Waals surface area contributed by atoms with Crippen molar-refractivity contribution in [1.29, 1.82) is 0 Å². The van der Waals surface area contributed by atoms with Crippen molar-refractivity contribution in [3.63, 3.8) is 0 Å². The lowest BCUT2D eigenvalue weighted by Gasteiger charge is -2.03. The number of carbonyl (C=O) groups excluding carboxylic acids is 1. The molecule has 0 aliphatic heterocycles. The molecule has 92 valence electrons. The van der Waals surface area contributed by atoms with Crippen LogP contribution in [0.3, 0.4) is 0 Å². The Morgan fingerprint density at radius 2 is 1.83 bits per heavy atom. The van der Waals surface area contributed by atoms with Crippen molar-refractivity contribution in [3.05, 3.63) is 68.9 Å². The van der Waals surface area contributed by atoms with E-state index in [1.807, 2.05) is 0 Å². The molecule has 2 aromatic rings. The lowest BCUT2D eigenvalue weighted by atomic mass is 10.0. The van der Waals surface area contributed by atoms with Crippen molar-refractivity contribution in [2.45, 2.75) is 6.42 Å². The Bertz CT molecular complexity index is 581. The molecule has 0 aliphatic rings. The number of ketones is 1. The second-order valence-corrected chi connectivity index (χ2v) is 5.12. The third-order valence-corrected chi connectivity index (χ3v) is 3.75. The number of hydrogen-bond acceptors (Lipinski definition) is 1. The zero-order valence-electron chi connectivity index (χ0n) is 9.29. The first-order chi connectivity index (χ1) is 8.56. The summed E-state index contributed by atoms with van der Waals surface area (Å²) in [6.45, 7) is 0. The van der Waals surface area contributed by atoms with Gasteiger partial charge in [0.15, 0.2) is 5.78 Å². The fourth-order valence-electron chi connectivity index (χ4n) is 1.56. The third-order valence-electron chi connectivity index (χ3n) is 2.52. The van der Waals surface area contributed by atoms with Crippen LogP contribution in [0.4, 0.5) is 4.39 Å². The molecule has 0 saturated carbocycles. The van der Waals surface area contributed by atoms with E-state index in [1.54, 1.807) is 30.3 Å². The Kier molecular flexibility index (Phi) is 4.15. The van der Waals surface area contributed by atoms with Crippen LogP contribution in [-0.2, 0) is 6.42 Å². The molecule has 2 rings (SSSR count). The van der Waals surface area contributed by atoms with Crippen LogP contribution in [0.5, 0.6) is 0 Å². The van der Waals surface area contributed by atoms with E-state index in [1.165, 1.54) is 12.1 Å². The van der Waals surface area contributed by atoms with Crippen molar-refractivity contribution < 1.29 is 9.18 Å². The molecule has 18 heavy (non-hydrogen) atoms. The molecule has 0 aliphatic carbocycles. The molecule has 0 aromatic heterocycles. The third kappa shape index (κ3) is 3.18. The molecule has 0 bridgehead atoms. The molecule has 0 atom stereocenters. The van der Waals surface area contributed by atoms with Gasteiger partial charge in [0.2, 0.25) is 0 Å². The van der Waals surface area contributed by atoms with Crippen molar-refractivity contribution in [2.75, 3.05) is 0 Å². The summed E-state index contributed by atoms with van der Waals surface area (Å²) in [6, 6.07) is 11.0. The van der Waals surface area contributed by atoms with E-state index in [0.29, 0.717) is 10.6 Å². The van der Waals surface area contributed by atoms with E-state index < -0.39 is 0 Å². The van der Waals surface area contributed by atoms with E-state index in [4.69, 9.17) is 11.6 Å². The van der Waals surface area contributed by atoms with Crippen LogP contribution in [0.15, 0.2) is 46.9 Å². The van der Waals surface area contributed by atoms with Crippen LogP contribution in [0.25, 0.3) is 0 Å². The Labute approximate surface area is 118 Å². The molecule has 2 aromatic carbocycles. The van der Waals surface area contributed by atoms with Crippen LogP contribution in [0.1, 0.15) is 15.9 Å². The molecule has 0 N–H and O–H groups in total. The summed E-state index contributed by atoms with van der Waals surface area (Å²) in [5.74, 6) is -0.353. The van der Waals surface area contributed by atoms with Crippen LogP contribution in [0.2, 0.25) is 5.02 Å². The van der Waals surface area contributed by atoms with Crippen molar-refractivity contribution in [3.8, 4) is 0 Å². The standard InChI is InChI=1S/C14H9BrClFO/c15-12-6-3-10(8-13(12)16)14(18)7-9-1-4-11(17)5-2-9/h1-6,8H,7H2. The van der Waals surface area contributed by atoms with Gasteiger partial charge in [0.25, 0.3) is 0 Å². The Morgan fingerprint density at radius 1 is 1.17 bits per heavy atom. The summed E-state index contributed by atoms with van der Waals surface area (Å²) in [7, 11) is 0. The average molecular weight is 328 g/mol. The highest BCUT2D eigenvalue weighted by Gasteiger charge is 2.09. The molecular weight excluding hydrogens is 319 g/mol. The molecule has 0 saturated heterocycles. The average Bonchev–Trinajstić information content (AvgIpc) is 2.35. The largest absolute Gasteiger partial charge is 0.294 e. The summed E-state index contributed by atoms with van der Waals surface area (Å²) in [4.78, 5) is 12.0. The topological polar surface area (TPSA) is 17.1 Å². The molecule has 0 radical (unpaired) electrons. The van der Waals surface area contributed by atoms with E-state index in [0.717, 1.165) is 10.0 Å². The Hall–Kier alpha value is -1.19. The van der Waals surface area contributed by atoms with Crippen LogP contribution >= 0.6 is 27.5 Å². The second-order valence-electron chi connectivity index (χ2n) is 3.86. The maximum Gasteiger partial charge on any atom is 0.167 e. The summed E-state index contributed by atoms with van der Waals surface area (Å²) in [6.07, 6.45) is 0.234. The smallest absolute Gasteiger partial charge is 0.167 e. The molecule has 0 amide bonds. The Balaban J connectivity index is 2.16. The SMILES string of the molecule is O=C(Cc1ccc(F)cc1)c1ccc(Br)c(Cl)c1. The van der Waals surface area contributed by atoms with Gasteiger partial charge in [-0.1, -0.05) is 29.8 Å². The molecule has 4 heteroatoms. The van der Waals surface area contributed by atoms with Gasteiger partial charge in [-0.2, -0.15) is 0 Å². The second kappa shape index (κ2) is 5.63. The predicted molar refractivity (Wildman–Crippen MR) is 73.6 cm³/mol. The van der Waals surface area contributed by atoms with Gasteiger partial charge in [0.1, 0.15) is 5.82 Å². The highest BCUT2D eigenvalue weighted by Crippen LogP contribution is 2.23. The zero-order valence-corrected chi connectivity index (χ0v) is 11.6. The minimum atomic E-state index is -0.308. The van der Waals surface area contributed by atoms with Gasteiger partial charge in [0, 0.05) is 16.5 Å². The minimum absolute atomic E-state index is 0.0454. The molecule has 1 nitrogen and oxygen atoms in total. The number of halogens is 3. The Morgan fingerprint density at radius 3 is 2.44 bits per heavy atom. The van der Waals surface area contributed by atoms with Crippen molar-refractivity contribution in [2.24, 2.45) is 0 Å². The van der Waals surface area contributed by atoms with Crippen molar-refractivity contribution >= 4 is 33.3 Å². The molecule has 0 fully saturated rings. The van der Waals surface area contributed by atoms with Gasteiger partial charge in [-0.15, -0.1) is 0 Å². The van der Waals surface area contributed by atoms with Gasteiger partial charge in [-0.25, -0.2) is 4.39 Å². The normalized spacial score (nSPS) is 10.4. The van der Waals surface area contributed by atoms with Crippen LogP contribution < -0.4 is 0 Å². The lowest BCUT2D eigenvalue weighted by Crippen LogP contribution is -2.03. The maximum absolute atomic E-state index is 12.7. The molecular formula is C14H9BrClFO. The fraction of sp³-hybridized carbons (Fsp3) is 0.0714. The predicted octanol–water partition coefficient (Wildman–Crippen LogP) is 4.67. The highest BCUT2D eigenvalue weighted by atomic mass is 79.9. The van der Waals surface area contributed by atoms with Crippen LogP contribution in [0, 0.1) is 5.82 Å². The zero-order chi connectivity index (χ0) is 13.1. The summed E-state index contributed by atoms with van der Waals surface area (Å²) in [5, 5.41) is 0.500. The first-order valence-corrected chi connectivity index (χ1v) is 6.46. The number of hydrogen-bond donors (Lipinski definition) is 0. The minimum Gasteiger partial charge on any atom is -0.294 e. The van der Waals surface area contributed by atoms with Gasteiger partial charge < -0.3 is 0 Å². The maximum atomic E-state index is 12.7. The lowest BCUT2D eigenvalue weighted by molar-refractivity contribution is 0.0993. The van der Waals surface area contributed by atoms with Gasteiger partial charge in [-0.05, 0) is 45.8 Å². The van der Waals surface area contributed by atoms with E-state index in [9.17, 15) is 9.18 Å². The first kappa shape index (κ1) is 13.2. The number of rotatable bonds is 3. The summed E-state index contributed by atoms with van der Waals surface area (Å²) < 4.78 is 13.5. The fourth-order valence-corrected chi connectivity index (χ4v) is 1.99. The number of Topliss-reactive ketones (excluding diaryl/α,β-unsaturated/α-hetero) is 1. The van der Waals surface area contributed by atoms with Crippen molar-refractivity contribution in [1.82, 2.24) is 0 Å². The highest BCUT2D eigenvalue weighted by molar-refractivity contribution is 9.10. The molecule has 0 unspecified atom stereocenters. The quantitative estimate of drug-likeness (QED) is 0.749. The van der Waals surface area contributed by atoms with Gasteiger partial charge in [-0.3, -0.25) is 4.79 Å². The summed E-state index contributed by atoms with van der Waals surface area (Å²) in [5.41, 5.74) is 1.33. The first-order valence-electron chi connectivity index (χ1n) is 5.29. The van der Waals surface area contributed by atoms with E-state index in [2.05, 4.69) is 15.9 Å². The van der Waals surface area contributed by atoms with Crippen LogP contribution in [-0.4, -0.2) is 5.78 Å². The number of carbonyl (C=O) groups is 1. The van der Waals surface area contributed by atoms with Gasteiger partial charge in [0.05, 0.1) is 5.02 Å². The van der Waals surface area contributed by atoms with Gasteiger partial charge >= 0.3 is 0 Å². The molecule has 0 heterocycles.